The standard InChI is InChI=1S/C23H17Cl2N3O5S2/c1-12-4-2-8-27-19(12)26-20(33-16-7-6-13(24)10-15(16)25)14(21(27)31)11-17-22(32)28(23(34)35-17)9-3-5-18(29)30/h2,4,6-8,10-11H,3,5,9H2,1H3,(H,29,30)/b17-11+. The minimum atomic E-state index is -0.959. The summed E-state index contributed by atoms with van der Waals surface area (Å²) in [5.41, 5.74) is 0.712. The van der Waals surface area contributed by atoms with Crippen molar-refractivity contribution in [1.29, 1.82) is 0 Å². The first-order chi connectivity index (χ1) is 16.7. The summed E-state index contributed by atoms with van der Waals surface area (Å²) in [5.74, 6) is -1.18. The van der Waals surface area contributed by atoms with E-state index in [4.69, 9.17) is 45.3 Å². The fourth-order valence-electron chi connectivity index (χ4n) is 3.37. The number of carboxylic acids is 1. The van der Waals surface area contributed by atoms with Gasteiger partial charge in [0.05, 0.1) is 9.93 Å². The Kier molecular flexibility index (Phi) is 7.46. The Balaban J connectivity index is 1.79. The van der Waals surface area contributed by atoms with Gasteiger partial charge in [0, 0.05) is 24.2 Å². The van der Waals surface area contributed by atoms with Crippen molar-refractivity contribution >= 4 is 75.1 Å². The number of carbonyl (C=O) groups excluding carboxylic acids is 1. The van der Waals surface area contributed by atoms with Crippen LogP contribution in [0.3, 0.4) is 0 Å². The summed E-state index contributed by atoms with van der Waals surface area (Å²) < 4.78 is 7.58. The fraction of sp³-hybridized carbons (Fsp3) is 0.174. The Morgan fingerprint density at radius 3 is 2.77 bits per heavy atom. The van der Waals surface area contributed by atoms with Crippen LogP contribution in [-0.4, -0.2) is 42.1 Å². The molecule has 1 aliphatic heterocycles. The molecule has 1 amide bonds. The Labute approximate surface area is 219 Å². The number of carbonyl (C=O) groups is 2. The average Bonchev–Trinajstić information content (AvgIpc) is 3.06. The zero-order chi connectivity index (χ0) is 25.3. The van der Waals surface area contributed by atoms with E-state index in [-0.39, 0.29) is 50.8 Å². The van der Waals surface area contributed by atoms with Crippen molar-refractivity contribution < 1.29 is 19.4 Å². The van der Waals surface area contributed by atoms with Gasteiger partial charge in [0.25, 0.3) is 11.5 Å². The number of thioether (sulfide) groups is 1. The van der Waals surface area contributed by atoms with Crippen LogP contribution < -0.4 is 10.3 Å². The van der Waals surface area contributed by atoms with Crippen LogP contribution in [0.2, 0.25) is 10.0 Å². The van der Waals surface area contributed by atoms with Crippen molar-refractivity contribution in [2.45, 2.75) is 19.8 Å². The lowest BCUT2D eigenvalue weighted by molar-refractivity contribution is -0.137. The number of hydrogen-bond donors (Lipinski definition) is 1. The minimum absolute atomic E-state index is 0.0325. The van der Waals surface area contributed by atoms with Crippen molar-refractivity contribution in [2.24, 2.45) is 0 Å². The molecule has 35 heavy (non-hydrogen) atoms. The van der Waals surface area contributed by atoms with E-state index in [1.54, 1.807) is 24.4 Å². The van der Waals surface area contributed by atoms with Crippen LogP contribution in [0.25, 0.3) is 11.7 Å². The highest BCUT2D eigenvalue weighted by Crippen LogP contribution is 2.36. The molecule has 3 heterocycles. The highest BCUT2D eigenvalue weighted by Gasteiger charge is 2.32. The Morgan fingerprint density at radius 2 is 2.06 bits per heavy atom. The van der Waals surface area contributed by atoms with Crippen molar-refractivity contribution in [3.8, 4) is 11.6 Å². The number of aliphatic carboxylic acids is 1. The van der Waals surface area contributed by atoms with Gasteiger partial charge in [-0.15, -0.1) is 0 Å². The van der Waals surface area contributed by atoms with E-state index in [0.717, 1.165) is 17.3 Å². The summed E-state index contributed by atoms with van der Waals surface area (Å²) in [6, 6.07) is 8.16. The molecule has 1 aliphatic rings. The van der Waals surface area contributed by atoms with Gasteiger partial charge < -0.3 is 9.84 Å². The number of halogens is 2. The molecule has 0 atom stereocenters. The van der Waals surface area contributed by atoms with Crippen molar-refractivity contribution in [1.82, 2.24) is 14.3 Å². The monoisotopic (exact) mass is 549 g/mol. The number of hydrogen-bond acceptors (Lipinski definition) is 7. The Hall–Kier alpha value is -2.92. The highest BCUT2D eigenvalue weighted by atomic mass is 35.5. The molecule has 8 nitrogen and oxygen atoms in total. The molecule has 3 aromatic rings. The zero-order valence-electron chi connectivity index (χ0n) is 18.2. The lowest BCUT2D eigenvalue weighted by atomic mass is 10.2. The first kappa shape index (κ1) is 25.2. The summed E-state index contributed by atoms with van der Waals surface area (Å²) in [5, 5.41) is 9.50. The third-order valence-electron chi connectivity index (χ3n) is 5.07. The highest BCUT2D eigenvalue weighted by molar-refractivity contribution is 8.26. The van der Waals surface area contributed by atoms with Crippen LogP contribution in [0, 0.1) is 6.92 Å². The number of nitrogens with zero attached hydrogens (tertiary/aromatic N) is 3. The second-order valence-corrected chi connectivity index (χ2v) is 10.0. The van der Waals surface area contributed by atoms with E-state index < -0.39 is 17.4 Å². The maximum Gasteiger partial charge on any atom is 0.303 e. The van der Waals surface area contributed by atoms with Crippen molar-refractivity contribution in [3.05, 3.63) is 73.0 Å². The molecule has 1 aromatic carbocycles. The lowest BCUT2D eigenvalue weighted by Gasteiger charge is -2.13. The minimum Gasteiger partial charge on any atom is -0.481 e. The number of amides is 1. The summed E-state index contributed by atoms with van der Waals surface area (Å²) in [6.45, 7) is 1.97. The molecule has 0 saturated carbocycles. The van der Waals surface area contributed by atoms with Crippen LogP contribution >= 0.6 is 47.2 Å². The summed E-state index contributed by atoms with van der Waals surface area (Å²) in [6.07, 6.45) is 3.12. The van der Waals surface area contributed by atoms with E-state index in [9.17, 15) is 14.4 Å². The van der Waals surface area contributed by atoms with Crippen LogP contribution in [0.15, 0.2) is 46.2 Å². The van der Waals surface area contributed by atoms with Gasteiger partial charge >= 0.3 is 5.97 Å². The number of rotatable bonds is 7. The van der Waals surface area contributed by atoms with Gasteiger partial charge in [-0.1, -0.05) is 53.2 Å². The van der Waals surface area contributed by atoms with Gasteiger partial charge in [-0.3, -0.25) is 23.7 Å². The van der Waals surface area contributed by atoms with Gasteiger partial charge in [-0.2, -0.15) is 4.98 Å². The molecule has 0 spiro atoms. The van der Waals surface area contributed by atoms with E-state index in [1.165, 1.54) is 21.4 Å². The molecule has 0 radical (unpaired) electrons. The average molecular weight is 550 g/mol. The van der Waals surface area contributed by atoms with Crippen LogP contribution in [0.1, 0.15) is 24.0 Å². The van der Waals surface area contributed by atoms with Gasteiger partial charge in [-0.05, 0) is 49.2 Å². The normalized spacial score (nSPS) is 14.8. The third-order valence-corrected chi connectivity index (χ3v) is 6.98. The zero-order valence-corrected chi connectivity index (χ0v) is 21.3. The smallest absolute Gasteiger partial charge is 0.303 e. The van der Waals surface area contributed by atoms with Crippen LogP contribution in [0.5, 0.6) is 11.6 Å². The molecular formula is C23H17Cl2N3O5S2. The summed E-state index contributed by atoms with van der Waals surface area (Å²) in [7, 11) is 0. The van der Waals surface area contributed by atoms with E-state index in [2.05, 4.69) is 4.98 Å². The number of ether oxygens (including phenoxy) is 1. The summed E-state index contributed by atoms with van der Waals surface area (Å²) in [4.78, 5) is 43.3. The van der Waals surface area contributed by atoms with E-state index >= 15 is 0 Å². The Morgan fingerprint density at radius 1 is 1.29 bits per heavy atom. The largest absolute Gasteiger partial charge is 0.481 e. The number of aryl methyl sites for hydroxylation is 1. The molecule has 1 N–H and O–H groups in total. The van der Waals surface area contributed by atoms with Gasteiger partial charge in [0.2, 0.25) is 5.88 Å². The molecule has 180 valence electrons. The molecule has 12 heteroatoms. The predicted molar refractivity (Wildman–Crippen MR) is 139 cm³/mol. The predicted octanol–water partition coefficient (Wildman–Crippen LogP) is 5.17. The molecule has 1 fully saturated rings. The number of aromatic nitrogens is 2. The molecular weight excluding hydrogens is 533 g/mol. The molecule has 0 unspecified atom stereocenters. The molecule has 0 aliphatic carbocycles. The number of carboxylic acid groups (broad SMARTS) is 1. The molecule has 1 saturated heterocycles. The van der Waals surface area contributed by atoms with Gasteiger partial charge in [-0.25, -0.2) is 0 Å². The Bertz CT molecular complexity index is 1470. The molecule has 0 bridgehead atoms. The van der Waals surface area contributed by atoms with Gasteiger partial charge in [0.1, 0.15) is 21.3 Å². The lowest BCUT2D eigenvalue weighted by Crippen LogP contribution is -2.29. The maximum absolute atomic E-state index is 13.4. The second-order valence-electron chi connectivity index (χ2n) is 7.53. The maximum atomic E-state index is 13.4. The van der Waals surface area contributed by atoms with Crippen LogP contribution in [-0.2, 0) is 9.59 Å². The number of fused-ring (bicyclic) bond motifs is 1. The SMILES string of the molecule is Cc1cccn2c(=O)c(/C=C3/SC(=S)N(CCCC(=O)O)C3=O)c(Oc3ccc(Cl)cc3Cl)nc12. The fourth-order valence-corrected chi connectivity index (χ4v) is 5.11. The number of pyridine rings is 1. The third kappa shape index (κ3) is 5.35. The van der Waals surface area contributed by atoms with Crippen molar-refractivity contribution in [2.75, 3.05) is 6.54 Å². The summed E-state index contributed by atoms with van der Waals surface area (Å²) >= 11 is 18.6. The first-order valence-electron chi connectivity index (χ1n) is 10.3. The molecule has 4 rings (SSSR count). The number of benzene rings is 1. The van der Waals surface area contributed by atoms with Crippen molar-refractivity contribution in [3.63, 3.8) is 0 Å². The quantitative estimate of drug-likeness (QED) is 0.318. The second kappa shape index (κ2) is 10.4. The van der Waals surface area contributed by atoms with Gasteiger partial charge in [0.15, 0.2) is 0 Å². The topological polar surface area (TPSA) is 101 Å². The first-order valence-corrected chi connectivity index (χ1v) is 12.3. The molecule has 2 aromatic heterocycles. The van der Waals surface area contributed by atoms with Crippen LogP contribution in [0.4, 0.5) is 0 Å². The van der Waals surface area contributed by atoms with E-state index in [1.807, 2.05) is 13.0 Å². The number of thiocarbonyl (C=S) groups is 1. The van der Waals surface area contributed by atoms with E-state index in [0.29, 0.717) is 10.7 Å².